The Morgan fingerprint density at radius 3 is 2.48 bits per heavy atom. The largest absolute Gasteiger partial charge is 0.416 e. The lowest BCUT2D eigenvalue weighted by atomic mass is 10.0. The molecule has 2 atom stereocenters. The van der Waals surface area contributed by atoms with Crippen molar-refractivity contribution in [2.24, 2.45) is 0 Å². The van der Waals surface area contributed by atoms with Crippen LogP contribution in [0.3, 0.4) is 0 Å². The first kappa shape index (κ1) is 18.0. The highest BCUT2D eigenvalue weighted by atomic mass is 19.4. The lowest BCUT2D eigenvalue weighted by molar-refractivity contribution is -0.138. The summed E-state index contributed by atoms with van der Waals surface area (Å²) in [5, 5.41) is 2.89. The summed E-state index contributed by atoms with van der Waals surface area (Å²) in [6, 6.07) is 1.73. The zero-order valence-electron chi connectivity index (χ0n) is 14.3. The van der Waals surface area contributed by atoms with Gasteiger partial charge >= 0.3 is 6.18 Å². The second-order valence-corrected chi connectivity index (χ2v) is 6.90. The zero-order chi connectivity index (χ0) is 18.5. The van der Waals surface area contributed by atoms with E-state index in [0.717, 1.165) is 6.07 Å². The standard InChI is InChI=1S/C17H21F4N3O/c1-9(2)24-8-12-11(16(24)25)4-10(5-13(12)17(19,20)21)23(3)15-7-22-6-14(15)18/h4-5,9,14-15,22H,6-8H2,1-3H3. The van der Waals surface area contributed by atoms with Crippen LogP contribution < -0.4 is 10.2 Å². The molecule has 1 amide bonds. The number of alkyl halides is 4. The minimum absolute atomic E-state index is 0.00435. The topological polar surface area (TPSA) is 35.6 Å². The predicted molar refractivity (Wildman–Crippen MR) is 86.4 cm³/mol. The van der Waals surface area contributed by atoms with E-state index in [1.807, 2.05) is 0 Å². The smallest absolute Gasteiger partial charge is 0.367 e. The van der Waals surface area contributed by atoms with Crippen LogP contribution in [-0.2, 0) is 12.7 Å². The Bertz CT molecular complexity index is 689. The first-order chi connectivity index (χ1) is 11.6. The second-order valence-electron chi connectivity index (χ2n) is 6.90. The summed E-state index contributed by atoms with van der Waals surface area (Å²) < 4.78 is 54.7. The summed E-state index contributed by atoms with van der Waals surface area (Å²) in [6.45, 7) is 4.00. The van der Waals surface area contributed by atoms with E-state index in [-0.39, 0.29) is 35.9 Å². The Labute approximate surface area is 143 Å². The number of anilines is 1. The average Bonchev–Trinajstić information content (AvgIpc) is 3.09. The van der Waals surface area contributed by atoms with E-state index in [4.69, 9.17) is 0 Å². The maximum atomic E-state index is 14.0. The Morgan fingerprint density at radius 2 is 1.96 bits per heavy atom. The Morgan fingerprint density at radius 1 is 1.28 bits per heavy atom. The van der Waals surface area contributed by atoms with Crippen molar-refractivity contribution in [3.05, 3.63) is 28.8 Å². The van der Waals surface area contributed by atoms with Crippen LogP contribution in [0.5, 0.6) is 0 Å². The van der Waals surface area contributed by atoms with Crippen molar-refractivity contribution in [3.8, 4) is 0 Å². The van der Waals surface area contributed by atoms with Crippen LogP contribution in [0.4, 0.5) is 23.2 Å². The molecule has 2 heterocycles. The van der Waals surface area contributed by atoms with Gasteiger partial charge in [0.15, 0.2) is 0 Å². The van der Waals surface area contributed by atoms with Gasteiger partial charge in [0, 0.05) is 44.0 Å². The molecular formula is C17H21F4N3O. The molecule has 0 saturated carbocycles. The molecule has 0 radical (unpaired) electrons. The van der Waals surface area contributed by atoms with Crippen LogP contribution in [-0.4, -0.2) is 49.2 Å². The molecule has 2 aliphatic rings. The number of nitrogens with one attached hydrogen (secondary N) is 1. The van der Waals surface area contributed by atoms with Crippen molar-refractivity contribution in [2.75, 3.05) is 25.0 Å². The monoisotopic (exact) mass is 359 g/mol. The Hall–Kier alpha value is -1.83. The highest BCUT2D eigenvalue weighted by molar-refractivity contribution is 6.00. The number of hydrogen-bond acceptors (Lipinski definition) is 3. The van der Waals surface area contributed by atoms with Crippen molar-refractivity contribution in [1.29, 1.82) is 0 Å². The minimum Gasteiger partial charge on any atom is -0.367 e. The average molecular weight is 359 g/mol. The Balaban J connectivity index is 2.07. The van der Waals surface area contributed by atoms with Crippen LogP contribution in [0.1, 0.15) is 35.3 Å². The summed E-state index contributed by atoms with van der Waals surface area (Å²) in [7, 11) is 1.56. The minimum atomic E-state index is -4.57. The third kappa shape index (κ3) is 3.07. The number of nitrogens with zero attached hydrogens (tertiary/aromatic N) is 2. The molecule has 3 rings (SSSR count). The number of hydrogen-bond donors (Lipinski definition) is 1. The highest BCUT2D eigenvalue weighted by Gasteiger charge is 2.41. The molecule has 0 spiro atoms. The fourth-order valence-corrected chi connectivity index (χ4v) is 3.49. The molecule has 0 aliphatic carbocycles. The van der Waals surface area contributed by atoms with Crippen molar-refractivity contribution >= 4 is 11.6 Å². The van der Waals surface area contributed by atoms with E-state index in [1.54, 1.807) is 20.9 Å². The van der Waals surface area contributed by atoms with Crippen LogP contribution in [0, 0.1) is 0 Å². The quantitative estimate of drug-likeness (QED) is 0.843. The predicted octanol–water partition coefficient (Wildman–Crippen LogP) is 2.82. The molecule has 138 valence electrons. The first-order valence-electron chi connectivity index (χ1n) is 8.24. The number of benzene rings is 1. The summed E-state index contributed by atoms with van der Waals surface area (Å²) in [4.78, 5) is 15.4. The number of rotatable bonds is 3. The van der Waals surface area contributed by atoms with Gasteiger partial charge < -0.3 is 15.1 Å². The fourth-order valence-electron chi connectivity index (χ4n) is 3.49. The number of carbonyl (C=O) groups is 1. The molecular weight excluding hydrogens is 338 g/mol. The summed E-state index contributed by atoms with van der Waals surface area (Å²) in [5.74, 6) is -0.410. The molecule has 8 heteroatoms. The number of likely N-dealkylation sites (N-methyl/N-ethyl adjacent to an activating group) is 1. The van der Waals surface area contributed by atoms with Gasteiger partial charge in [-0.3, -0.25) is 4.79 Å². The third-order valence-corrected chi connectivity index (χ3v) is 5.00. The molecule has 1 aromatic rings. The van der Waals surface area contributed by atoms with Crippen molar-refractivity contribution in [1.82, 2.24) is 10.2 Å². The Kier molecular flexibility index (Phi) is 4.43. The summed E-state index contributed by atoms with van der Waals surface area (Å²) >= 11 is 0. The fraction of sp³-hybridized carbons (Fsp3) is 0.588. The molecule has 1 aromatic carbocycles. The van der Waals surface area contributed by atoms with E-state index >= 15 is 0 Å². The third-order valence-electron chi connectivity index (χ3n) is 5.00. The van der Waals surface area contributed by atoms with Crippen LogP contribution in [0.15, 0.2) is 12.1 Å². The van der Waals surface area contributed by atoms with E-state index in [9.17, 15) is 22.4 Å². The van der Waals surface area contributed by atoms with E-state index < -0.39 is 29.9 Å². The molecule has 25 heavy (non-hydrogen) atoms. The first-order valence-corrected chi connectivity index (χ1v) is 8.24. The van der Waals surface area contributed by atoms with Crippen LogP contribution >= 0.6 is 0 Å². The van der Waals surface area contributed by atoms with Gasteiger partial charge in [0.25, 0.3) is 5.91 Å². The van der Waals surface area contributed by atoms with E-state index in [0.29, 0.717) is 6.54 Å². The zero-order valence-corrected chi connectivity index (χ0v) is 14.3. The number of amides is 1. The molecule has 2 aliphatic heterocycles. The SMILES string of the molecule is CC(C)N1Cc2c(cc(N(C)C3CNCC3F)cc2C(F)(F)F)C1=O. The van der Waals surface area contributed by atoms with Crippen LogP contribution in [0.25, 0.3) is 0 Å². The molecule has 0 bridgehead atoms. The molecule has 2 unspecified atom stereocenters. The second kappa shape index (κ2) is 6.16. The van der Waals surface area contributed by atoms with Crippen molar-refractivity contribution in [3.63, 3.8) is 0 Å². The number of halogens is 4. The van der Waals surface area contributed by atoms with Gasteiger partial charge in [0.05, 0.1) is 11.6 Å². The number of fused-ring (bicyclic) bond motifs is 1. The normalized spacial score (nSPS) is 23.5. The maximum absolute atomic E-state index is 14.0. The maximum Gasteiger partial charge on any atom is 0.416 e. The molecule has 1 N–H and O–H groups in total. The highest BCUT2D eigenvalue weighted by Crippen LogP contribution is 2.40. The number of carbonyl (C=O) groups excluding carboxylic acids is 1. The summed E-state index contributed by atoms with van der Waals surface area (Å²) in [6.07, 6.45) is -5.74. The lowest BCUT2D eigenvalue weighted by Gasteiger charge is -2.28. The lowest BCUT2D eigenvalue weighted by Crippen LogP contribution is -2.39. The molecule has 4 nitrogen and oxygen atoms in total. The van der Waals surface area contributed by atoms with Gasteiger partial charge in [-0.25, -0.2) is 4.39 Å². The van der Waals surface area contributed by atoms with E-state index in [1.165, 1.54) is 15.9 Å². The summed E-state index contributed by atoms with van der Waals surface area (Å²) in [5.41, 5.74) is -0.539. The van der Waals surface area contributed by atoms with Crippen molar-refractivity contribution < 1.29 is 22.4 Å². The van der Waals surface area contributed by atoms with Gasteiger partial charge in [0.2, 0.25) is 0 Å². The van der Waals surface area contributed by atoms with Gasteiger partial charge in [-0.15, -0.1) is 0 Å². The van der Waals surface area contributed by atoms with Gasteiger partial charge in [-0.2, -0.15) is 13.2 Å². The molecule has 1 fully saturated rings. The van der Waals surface area contributed by atoms with E-state index in [2.05, 4.69) is 5.32 Å². The van der Waals surface area contributed by atoms with Crippen molar-refractivity contribution in [2.45, 2.75) is 44.8 Å². The van der Waals surface area contributed by atoms with Gasteiger partial charge in [-0.1, -0.05) is 0 Å². The van der Waals surface area contributed by atoms with Crippen LogP contribution in [0.2, 0.25) is 0 Å². The molecule has 0 aromatic heterocycles. The van der Waals surface area contributed by atoms with Gasteiger partial charge in [-0.05, 0) is 31.5 Å². The van der Waals surface area contributed by atoms with Gasteiger partial charge in [0.1, 0.15) is 6.17 Å². The molecule has 1 saturated heterocycles.